The van der Waals surface area contributed by atoms with Crippen LogP contribution in [0.15, 0.2) is 11.1 Å². The van der Waals surface area contributed by atoms with Gasteiger partial charge in [0.25, 0.3) is 5.56 Å². The van der Waals surface area contributed by atoms with Crippen LogP contribution in [-0.2, 0) is 22.4 Å². The number of hydrogen-bond donors (Lipinski definition) is 1. The van der Waals surface area contributed by atoms with E-state index in [1.165, 1.54) is 6.33 Å². The second-order valence-corrected chi connectivity index (χ2v) is 21.7. The zero-order valence-electron chi connectivity index (χ0n) is 26.3. The van der Waals surface area contributed by atoms with Crippen LogP contribution >= 0.6 is 0 Å². The van der Waals surface area contributed by atoms with Gasteiger partial charge in [0.15, 0.2) is 23.2 Å². The quantitative estimate of drug-likeness (QED) is 0.308. The number of nitrogens with zero attached hydrogens (tertiary/aromatic N) is 4. The molecule has 2 aromatic heterocycles. The van der Waals surface area contributed by atoms with E-state index in [-0.39, 0.29) is 64.1 Å². The minimum absolute atomic E-state index is 0.0496. The van der Waals surface area contributed by atoms with Crippen LogP contribution < -0.4 is 5.56 Å². The molecule has 42 heavy (non-hydrogen) atoms. The van der Waals surface area contributed by atoms with E-state index in [1.54, 1.807) is 18.4 Å². The van der Waals surface area contributed by atoms with Gasteiger partial charge in [-0.15, -0.1) is 0 Å². The molecule has 0 aliphatic carbocycles. The van der Waals surface area contributed by atoms with E-state index in [2.05, 4.69) is 76.4 Å². The molecule has 2 aliphatic rings. The van der Waals surface area contributed by atoms with Gasteiger partial charge in [0, 0.05) is 5.92 Å². The molecular formula is C28H45N5O7Si2. The first-order valence-corrected chi connectivity index (χ1v) is 18.8. The molecule has 0 spiro atoms. The number of carbonyl (C=O) groups is 1. The molecule has 2 aromatic rings. The fourth-order valence-electron chi connectivity index (χ4n) is 6.16. The molecule has 4 rings (SSSR count). The predicted molar refractivity (Wildman–Crippen MR) is 160 cm³/mol. The molecular weight excluding hydrogens is 575 g/mol. The Morgan fingerprint density at radius 1 is 1.10 bits per heavy atom. The molecule has 0 bridgehead atoms. The van der Waals surface area contributed by atoms with Crippen molar-refractivity contribution in [3.63, 3.8) is 0 Å². The summed E-state index contributed by atoms with van der Waals surface area (Å²) in [5.41, 5.74) is 0.226. The summed E-state index contributed by atoms with van der Waals surface area (Å²) in [4.78, 5) is 37.0. The smallest absolute Gasteiger partial charge is 0.335 e. The lowest BCUT2D eigenvalue weighted by atomic mass is 10.1. The standard InChI is InChI=1S/C28H45N5O7Si2/c1-15(2)22(34)25-31-26-21(27(35)32-25)30-14-33(26)28-24(36-12-11-29)23-20(38-28)13-37-41(16(3)4,17(5)6)40-42(39-23,18(7)8)19(9)10/h14-20,23-24,28H,12-13H2,1-10H3,(H,31,32,35)/t20-,23-,24-,28-/m1/s1. The Kier molecular flexibility index (Phi) is 9.63. The van der Waals surface area contributed by atoms with E-state index >= 15 is 0 Å². The Morgan fingerprint density at radius 3 is 2.26 bits per heavy atom. The van der Waals surface area contributed by atoms with Crippen LogP contribution in [0.3, 0.4) is 0 Å². The molecule has 0 amide bonds. The summed E-state index contributed by atoms with van der Waals surface area (Å²) in [5.74, 6) is -0.713. The summed E-state index contributed by atoms with van der Waals surface area (Å²) in [6, 6.07) is 2.06. The first kappa shape index (κ1) is 32.7. The van der Waals surface area contributed by atoms with Gasteiger partial charge in [-0.3, -0.25) is 14.2 Å². The second kappa shape index (κ2) is 12.4. The SMILES string of the molecule is CC(C)C(=O)c1nc2c(ncn2[C@@H]2O[C@@H]3CO[Si](C(C)C)(C(C)C)O[Si](C(C)C)(C(C)C)O[C@H]3[C@H]2OCC#N)c(=O)[nH]1. The van der Waals surface area contributed by atoms with Crippen molar-refractivity contribution in [3.05, 3.63) is 22.5 Å². The molecule has 0 unspecified atom stereocenters. The third-order valence-electron chi connectivity index (χ3n) is 8.42. The number of nitrogens with one attached hydrogen (secondary N) is 1. The number of aromatic nitrogens is 4. The highest BCUT2D eigenvalue weighted by molar-refractivity contribution is 6.84. The van der Waals surface area contributed by atoms with Gasteiger partial charge in [-0.25, -0.2) is 9.97 Å². The Hall–Kier alpha value is -2.26. The van der Waals surface area contributed by atoms with E-state index in [1.807, 2.05) is 0 Å². The lowest BCUT2D eigenvalue weighted by Crippen LogP contribution is -2.66. The highest BCUT2D eigenvalue weighted by Crippen LogP contribution is 2.49. The number of imidazole rings is 1. The van der Waals surface area contributed by atoms with Crippen molar-refractivity contribution < 1.29 is 27.2 Å². The third kappa shape index (κ3) is 5.56. The number of fused-ring (bicyclic) bond motifs is 2. The molecule has 14 heteroatoms. The highest BCUT2D eigenvalue weighted by atomic mass is 28.5. The zero-order valence-corrected chi connectivity index (χ0v) is 28.3. The minimum atomic E-state index is -3.01. The molecule has 232 valence electrons. The van der Waals surface area contributed by atoms with Gasteiger partial charge in [0.1, 0.15) is 24.9 Å². The van der Waals surface area contributed by atoms with Gasteiger partial charge in [-0.05, 0) is 22.2 Å². The molecule has 4 heterocycles. The van der Waals surface area contributed by atoms with Crippen molar-refractivity contribution in [1.82, 2.24) is 19.5 Å². The lowest BCUT2D eigenvalue weighted by Gasteiger charge is -2.51. The third-order valence-corrected chi connectivity index (χ3v) is 18.7. The molecule has 4 atom stereocenters. The maximum Gasteiger partial charge on any atom is 0.335 e. The van der Waals surface area contributed by atoms with Crippen molar-refractivity contribution in [2.45, 2.75) is 116 Å². The predicted octanol–water partition coefficient (Wildman–Crippen LogP) is 4.72. The number of ether oxygens (including phenoxy) is 2. The van der Waals surface area contributed by atoms with Gasteiger partial charge in [0.05, 0.1) is 19.0 Å². The molecule has 2 saturated heterocycles. The van der Waals surface area contributed by atoms with Crippen LogP contribution in [0.2, 0.25) is 22.2 Å². The van der Waals surface area contributed by atoms with Gasteiger partial charge in [0.2, 0.25) is 5.78 Å². The Bertz CT molecular complexity index is 1370. The summed E-state index contributed by atoms with van der Waals surface area (Å²) in [6.45, 7) is 20.6. The first-order valence-electron chi connectivity index (χ1n) is 14.9. The lowest BCUT2D eigenvalue weighted by molar-refractivity contribution is -0.0637. The Labute approximate surface area is 249 Å². The molecule has 2 aliphatic heterocycles. The summed E-state index contributed by atoms with van der Waals surface area (Å²) in [5, 5.41) is 9.46. The fourth-order valence-corrected chi connectivity index (χ4v) is 17.4. The van der Waals surface area contributed by atoms with Crippen LogP contribution in [0.1, 0.15) is 86.1 Å². The maximum absolute atomic E-state index is 12.9. The monoisotopic (exact) mass is 619 g/mol. The van der Waals surface area contributed by atoms with E-state index in [0.717, 1.165) is 0 Å². The Balaban J connectivity index is 1.87. The molecule has 2 fully saturated rings. The van der Waals surface area contributed by atoms with Gasteiger partial charge >= 0.3 is 17.1 Å². The van der Waals surface area contributed by atoms with E-state index < -0.39 is 47.2 Å². The topological polar surface area (TPSA) is 151 Å². The highest BCUT2D eigenvalue weighted by Gasteiger charge is 2.62. The number of ketones is 1. The summed E-state index contributed by atoms with van der Waals surface area (Å²) < 4.78 is 35.7. The minimum Gasteiger partial charge on any atom is -0.414 e. The van der Waals surface area contributed by atoms with Crippen LogP contribution in [0.5, 0.6) is 0 Å². The number of hydrogen-bond acceptors (Lipinski definition) is 10. The number of nitriles is 1. The first-order chi connectivity index (χ1) is 19.7. The van der Waals surface area contributed by atoms with Crippen molar-refractivity contribution >= 4 is 34.1 Å². The average molecular weight is 620 g/mol. The number of carbonyl (C=O) groups excluding carboxylic acids is 1. The Morgan fingerprint density at radius 2 is 1.71 bits per heavy atom. The fraction of sp³-hybridized carbons (Fsp3) is 0.750. The zero-order chi connectivity index (χ0) is 31.1. The summed E-state index contributed by atoms with van der Waals surface area (Å²) >= 11 is 0. The molecule has 1 N–H and O–H groups in total. The van der Waals surface area contributed by atoms with Crippen molar-refractivity contribution in [2.75, 3.05) is 13.2 Å². The van der Waals surface area contributed by atoms with Crippen LogP contribution in [0.25, 0.3) is 11.2 Å². The number of H-pyrrole nitrogens is 1. The van der Waals surface area contributed by atoms with Gasteiger partial charge < -0.3 is 27.4 Å². The van der Waals surface area contributed by atoms with Gasteiger partial charge in [-0.1, -0.05) is 69.2 Å². The number of Topliss-reactive ketones (excluding diaryl/α,β-unsaturated/α-hetero) is 1. The van der Waals surface area contributed by atoms with E-state index in [0.29, 0.717) is 0 Å². The normalized spacial score (nSPS) is 25.8. The molecule has 0 saturated carbocycles. The van der Waals surface area contributed by atoms with Crippen LogP contribution in [0, 0.1) is 17.2 Å². The average Bonchev–Trinajstić information content (AvgIpc) is 3.47. The molecule has 12 nitrogen and oxygen atoms in total. The van der Waals surface area contributed by atoms with E-state index in [9.17, 15) is 14.9 Å². The summed E-state index contributed by atoms with van der Waals surface area (Å²) in [6.07, 6.45) is -1.33. The summed E-state index contributed by atoms with van der Waals surface area (Å²) in [7, 11) is -5.82. The number of aromatic amines is 1. The number of rotatable bonds is 9. The van der Waals surface area contributed by atoms with Crippen LogP contribution in [0.4, 0.5) is 0 Å². The molecule has 0 radical (unpaired) electrons. The van der Waals surface area contributed by atoms with Gasteiger partial charge in [-0.2, -0.15) is 5.26 Å². The van der Waals surface area contributed by atoms with E-state index in [4.69, 9.17) is 22.4 Å². The molecule has 0 aromatic carbocycles. The second-order valence-electron chi connectivity index (χ2n) is 12.8. The maximum atomic E-state index is 12.9. The van der Waals surface area contributed by atoms with Crippen molar-refractivity contribution in [1.29, 1.82) is 5.26 Å². The van der Waals surface area contributed by atoms with Crippen molar-refractivity contribution in [2.24, 2.45) is 5.92 Å². The largest absolute Gasteiger partial charge is 0.414 e. The van der Waals surface area contributed by atoms with Crippen molar-refractivity contribution in [3.8, 4) is 6.07 Å². The van der Waals surface area contributed by atoms with Crippen LogP contribution in [-0.4, -0.2) is 73.9 Å².